The largest absolute Gasteiger partial charge is 0.465 e. The molecule has 2 heterocycles. The Labute approximate surface area is 149 Å². The van der Waals surface area contributed by atoms with Crippen molar-refractivity contribution in [3.05, 3.63) is 20.8 Å². The van der Waals surface area contributed by atoms with E-state index < -0.39 is 0 Å². The highest BCUT2D eigenvalue weighted by molar-refractivity contribution is 7.99. The Bertz CT molecular complexity index is 782. The molecule has 5 nitrogen and oxygen atoms in total. The highest BCUT2D eigenvalue weighted by Crippen LogP contribution is 2.34. The molecule has 0 saturated heterocycles. The summed E-state index contributed by atoms with van der Waals surface area (Å²) in [7, 11) is 0. The number of ether oxygens (including phenoxy) is 1. The van der Waals surface area contributed by atoms with Gasteiger partial charge in [-0.1, -0.05) is 31.5 Å². The van der Waals surface area contributed by atoms with Crippen LogP contribution < -0.4 is 5.56 Å². The number of thioether (sulfide) groups is 1. The standard InChI is InChI=1S/C17H22N2O3S2/c1-2-3-6-9-22-13(20)10-23-17-18-15(21)14-11-7-4-5-8-12(11)24-16(14)19-17/h2-10H2,1H3,(H,18,19,21). The number of hydrogen-bond acceptors (Lipinski definition) is 6. The number of fused-ring (bicyclic) bond motifs is 3. The van der Waals surface area contributed by atoms with Crippen LogP contribution in [0.1, 0.15) is 49.5 Å². The molecule has 0 spiro atoms. The summed E-state index contributed by atoms with van der Waals surface area (Å²) in [6.45, 7) is 2.58. The van der Waals surface area contributed by atoms with E-state index in [1.54, 1.807) is 11.3 Å². The van der Waals surface area contributed by atoms with Gasteiger partial charge < -0.3 is 9.72 Å². The van der Waals surface area contributed by atoms with Gasteiger partial charge in [0.15, 0.2) is 5.16 Å². The number of nitrogens with one attached hydrogen (secondary N) is 1. The molecule has 1 aliphatic rings. The van der Waals surface area contributed by atoms with Crippen molar-refractivity contribution in [3.63, 3.8) is 0 Å². The predicted molar refractivity (Wildman–Crippen MR) is 98.1 cm³/mol. The van der Waals surface area contributed by atoms with Crippen molar-refractivity contribution < 1.29 is 9.53 Å². The number of hydrogen-bond donors (Lipinski definition) is 1. The molecule has 0 unspecified atom stereocenters. The van der Waals surface area contributed by atoms with Crippen LogP contribution in [0.15, 0.2) is 9.95 Å². The molecule has 0 bridgehead atoms. The lowest BCUT2D eigenvalue weighted by atomic mass is 9.97. The first-order valence-corrected chi connectivity index (χ1v) is 10.3. The van der Waals surface area contributed by atoms with Crippen molar-refractivity contribution in [2.75, 3.05) is 12.4 Å². The molecular formula is C17H22N2O3S2. The Morgan fingerprint density at radius 3 is 3.00 bits per heavy atom. The van der Waals surface area contributed by atoms with Crippen molar-refractivity contribution in [1.29, 1.82) is 0 Å². The lowest BCUT2D eigenvalue weighted by Crippen LogP contribution is -2.13. The van der Waals surface area contributed by atoms with Crippen LogP contribution >= 0.6 is 23.1 Å². The maximum atomic E-state index is 12.4. The fourth-order valence-corrected chi connectivity index (χ4v) is 4.90. The summed E-state index contributed by atoms with van der Waals surface area (Å²) in [6, 6.07) is 0. The Morgan fingerprint density at radius 2 is 2.17 bits per heavy atom. The van der Waals surface area contributed by atoms with Gasteiger partial charge in [0.25, 0.3) is 5.56 Å². The van der Waals surface area contributed by atoms with E-state index in [0.717, 1.165) is 48.7 Å². The molecule has 7 heteroatoms. The van der Waals surface area contributed by atoms with Crippen molar-refractivity contribution in [1.82, 2.24) is 9.97 Å². The molecule has 0 fully saturated rings. The minimum atomic E-state index is -0.260. The van der Waals surface area contributed by atoms with Crippen LogP contribution in [0.3, 0.4) is 0 Å². The highest BCUT2D eigenvalue weighted by Gasteiger charge is 2.20. The Kier molecular flexibility index (Phi) is 5.94. The highest BCUT2D eigenvalue weighted by atomic mass is 32.2. The van der Waals surface area contributed by atoms with Crippen LogP contribution in [-0.2, 0) is 22.4 Å². The van der Waals surface area contributed by atoms with E-state index in [9.17, 15) is 9.59 Å². The first kappa shape index (κ1) is 17.5. The van der Waals surface area contributed by atoms with Gasteiger partial charge >= 0.3 is 5.97 Å². The fourth-order valence-electron chi connectivity index (χ4n) is 2.92. The van der Waals surface area contributed by atoms with Crippen LogP contribution in [0.2, 0.25) is 0 Å². The van der Waals surface area contributed by atoms with E-state index in [1.807, 2.05) is 0 Å². The van der Waals surface area contributed by atoms with Crippen LogP contribution in [0.4, 0.5) is 0 Å². The number of rotatable bonds is 7. The first-order valence-electron chi connectivity index (χ1n) is 8.52. The van der Waals surface area contributed by atoms with Gasteiger partial charge in [0, 0.05) is 4.88 Å². The molecule has 2 aromatic heterocycles. The summed E-state index contributed by atoms with van der Waals surface area (Å²) < 4.78 is 5.17. The molecule has 0 radical (unpaired) electrons. The molecule has 0 atom stereocenters. The zero-order valence-corrected chi connectivity index (χ0v) is 15.5. The molecule has 0 amide bonds. The van der Waals surface area contributed by atoms with Crippen LogP contribution in [0, 0.1) is 0 Å². The summed E-state index contributed by atoms with van der Waals surface area (Å²) in [5.41, 5.74) is 1.10. The number of esters is 1. The maximum Gasteiger partial charge on any atom is 0.316 e. The molecule has 0 aliphatic heterocycles. The smallest absolute Gasteiger partial charge is 0.316 e. The van der Waals surface area contributed by atoms with Gasteiger partial charge in [0.2, 0.25) is 0 Å². The van der Waals surface area contributed by atoms with E-state index in [2.05, 4.69) is 16.9 Å². The average Bonchev–Trinajstić information content (AvgIpc) is 2.95. The zero-order valence-electron chi connectivity index (χ0n) is 13.9. The van der Waals surface area contributed by atoms with Crippen LogP contribution in [-0.4, -0.2) is 28.3 Å². The van der Waals surface area contributed by atoms with Gasteiger partial charge in [-0.2, -0.15) is 0 Å². The third-order valence-electron chi connectivity index (χ3n) is 4.14. The van der Waals surface area contributed by atoms with Gasteiger partial charge in [-0.3, -0.25) is 9.59 Å². The minimum absolute atomic E-state index is 0.0850. The number of aryl methyl sites for hydroxylation is 2. The monoisotopic (exact) mass is 366 g/mol. The summed E-state index contributed by atoms with van der Waals surface area (Å²) in [5, 5.41) is 1.25. The Morgan fingerprint density at radius 1 is 1.33 bits per heavy atom. The molecule has 24 heavy (non-hydrogen) atoms. The summed E-state index contributed by atoms with van der Waals surface area (Å²) >= 11 is 2.85. The summed E-state index contributed by atoms with van der Waals surface area (Å²) in [4.78, 5) is 33.6. The number of thiophene rings is 1. The zero-order chi connectivity index (χ0) is 16.9. The van der Waals surface area contributed by atoms with Gasteiger partial charge in [0.1, 0.15) is 4.83 Å². The number of aromatic nitrogens is 2. The number of unbranched alkanes of at least 4 members (excludes halogenated alkanes) is 2. The second kappa shape index (κ2) is 8.16. The summed E-state index contributed by atoms with van der Waals surface area (Å²) in [5.74, 6) is -0.0876. The topological polar surface area (TPSA) is 72.0 Å². The van der Waals surface area contributed by atoms with E-state index >= 15 is 0 Å². The lowest BCUT2D eigenvalue weighted by molar-refractivity contribution is -0.140. The van der Waals surface area contributed by atoms with Crippen molar-refractivity contribution in [3.8, 4) is 0 Å². The number of carbonyl (C=O) groups excluding carboxylic acids is 1. The van der Waals surface area contributed by atoms with Crippen molar-refractivity contribution in [2.24, 2.45) is 0 Å². The average molecular weight is 367 g/mol. The number of carbonyl (C=O) groups is 1. The first-order chi connectivity index (χ1) is 11.7. The molecule has 0 aromatic carbocycles. The van der Waals surface area contributed by atoms with Crippen molar-refractivity contribution in [2.45, 2.75) is 57.0 Å². The van der Waals surface area contributed by atoms with Gasteiger partial charge in [-0.25, -0.2) is 4.98 Å². The molecular weight excluding hydrogens is 344 g/mol. The van der Waals surface area contributed by atoms with E-state index in [-0.39, 0.29) is 17.3 Å². The molecule has 3 rings (SSSR count). The maximum absolute atomic E-state index is 12.4. The fraction of sp³-hybridized carbons (Fsp3) is 0.588. The van der Waals surface area contributed by atoms with Gasteiger partial charge in [0.05, 0.1) is 17.7 Å². The Hall–Kier alpha value is -1.34. The van der Waals surface area contributed by atoms with Crippen LogP contribution in [0.25, 0.3) is 10.2 Å². The third-order valence-corrected chi connectivity index (χ3v) is 6.17. The molecule has 0 saturated carbocycles. The summed E-state index contributed by atoms with van der Waals surface area (Å²) in [6.07, 6.45) is 7.40. The number of aromatic amines is 1. The second-order valence-electron chi connectivity index (χ2n) is 5.98. The van der Waals surface area contributed by atoms with Crippen LogP contribution in [0.5, 0.6) is 0 Å². The Balaban J connectivity index is 1.65. The van der Waals surface area contributed by atoms with Crippen molar-refractivity contribution >= 4 is 39.3 Å². The number of H-pyrrole nitrogens is 1. The third kappa shape index (κ3) is 4.00. The second-order valence-corrected chi connectivity index (χ2v) is 8.03. The van der Waals surface area contributed by atoms with E-state index in [1.165, 1.54) is 28.6 Å². The quantitative estimate of drug-likeness (QED) is 0.350. The molecule has 2 aromatic rings. The predicted octanol–water partition coefficient (Wildman–Crippen LogP) is 3.69. The molecule has 1 N–H and O–H groups in total. The molecule has 1 aliphatic carbocycles. The van der Waals surface area contributed by atoms with Gasteiger partial charge in [-0.05, 0) is 37.7 Å². The normalized spacial score (nSPS) is 13.9. The number of nitrogens with zero attached hydrogens (tertiary/aromatic N) is 1. The van der Waals surface area contributed by atoms with E-state index in [4.69, 9.17) is 4.74 Å². The SMILES string of the molecule is CCCCCOC(=O)CSc1nc2sc3c(c2c(=O)[nH]1)CCCC3. The lowest BCUT2D eigenvalue weighted by Gasteiger charge is -2.09. The minimum Gasteiger partial charge on any atom is -0.465 e. The van der Waals surface area contributed by atoms with E-state index in [0.29, 0.717) is 11.8 Å². The van der Waals surface area contributed by atoms with Gasteiger partial charge in [-0.15, -0.1) is 11.3 Å². The molecule has 130 valence electrons.